The molecule has 0 saturated carbocycles. The third-order valence-corrected chi connectivity index (χ3v) is 3.16. The number of rotatable bonds is 8. The van der Waals surface area contributed by atoms with E-state index >= 15 is 0 Å². The first-order chi connectivity index (χ1) is 10.2. The van der Waals surface area contributed by atoms with E-state index in [4.69, 9.17) is 9.52 Å². The van der Waals surface area contributed by atoms with Crippen LogP contribution in [-0.2, 0) is 6.54 Å². The van der Waals surface area contributed by atoms with E-state index in [0.29, 0.717) is 23.9 Å². The summed E-state index contributed by atoms with van der Waals surface area (Å²) in [4.78, 5) is 2.10. The third-order valence-electron chi connectivity index (χ3n) is 3.16. The van der Waals surface area contributed by atoms with Crippen molar-refractivity contribution in [2.45, 2.75) is 25.8 Å². The van der Waals surface area contributed by atoms with Gasteiger partial charge in [0.05, 0.1) is 6.54 Å². The van der Waals surface area contributed by atoms with Gasteiger partial charge >= 0.3 is 0 Å². The summed E-state index contributed by atoms with van der Waals surface area (Å²) in [6.45, 7) is 1.73. The van der Waals surface area contributed by atoms with Crippen LogP contribution in [0.25, 0.3) is 11.5 Å². The molecular weight excluding hydrogens is 273 g/mol. The zero-order valence-electron chi connectivity index (χ0n) is 12.1. The molecule has 1 aromatic heterocycles. The van der Waals surface area contributed by atoms with Crippen molar-refractivity contribution in [3.63, 3.8) is 0 Å². The number of aliphatic hydroxyl groups is 1. The van der Waals surface area contributed by atoms with Crippen LogP contribution in [0.15, 0.2) is 28.7 Å². The molecular formula is C15H20FN3O2. The maximum absolute atomic E-state index is 12.9. The van der Waals surface area contributed by atoms with Crippen molar-refractivity contribution in [3.8, 4) is 11.5 Å². The smallest absolute Gasteiger partial charge is 0.247 e. The highest BCUT2D eigenvalue weighted by Crippen LogP contribution is 2.18. The van der Waals surface area contributed by atoms with Crippen molar-refractivity contribution in [2.24, 2.45) is 0 Å². The SMILES string of the molecule is CN(CCCCCO)Cc1nnc(-c2ccc(F)cc2)o1. The van der Waals surface area contributed by atoms with Crippen LogP contribution in [0, 0.1) is 5.82 Å². The first-order valence-electron chi connectivity index (χ1n) is 7.07. The van der Waals surface area contributed by atoms with Crippen molar-refractivity contribution >= 4 is 0 Å². The van der Waals surface area contributed by atoms with E-state index < -0.39 is 0 Å². The Morgan fingerprint density at radius 3 is 2.62 bits per heavy atom. The highest BCUT2D eigenvalue weighted by atomic mass is 19.1. The average molecular weight is 293 g/mol. The summed E-state index contributed by atoms with van der Waals surface area (Å²) in [5.41, 5.74) is 0.709. The van der Waals surface area contributed by atoms with E-state index in [1.54, 1.807) is 12.1 Å². The fourth-order valence-corrected chi connectivity index (χ4v) is 2.01. The molecule has 0 atom stereocenters. The van der Waals surface area contributed by atoms with Crippen molar-refractivity contribution in [1.82, 2.24) is 15.1 Å². The summed E-state index contributed by atoms with van der Waals surface area (Å²) >= 11 is 0. The van der Waals surface area contributed by atoms with Crippen LogP contribution in [0.1, 0.15) is 25.2 Å². The molecule has 0 aliphatic heterocycles. The first kappa shape index (κ1) is 15.6. The standard InChI is InChI=1S/C15H20FN3O2/c1-19(9-3-2-4-10-20)11-14-17-18-15(21-14)12-5-7-13(16)8-6-12/h5-8,20H,2-4,9-11H2,1H3. The number of unbranched alkanes of at least 4 members (excludes halogenated alkanes) is 2. The Bertz CT molecular complexity index is 542. The Labute approximate surface area is 123 Å². The third kappa shape index (κ3) is 4.91. The number of benzene rings is 1. The Morgan fingerprint density at radius 1 is 1.14 bits per heavy atom. The topological polar surface area (TPSA) is 62.4 Å². The molecule has 2 rings (SSSR count). The molecule has 1 N–H and O–H groups in total. The van der Waals surface area contributed by atoms with Crippen molar-refractivity contribution in [3.05, 3.63) is 36.0 Å². The molecule has 0 aliphatic carbocycles. The van der Waals surface area contributed by atoms with Crippen molar-refractivity contribution < 1.29 is 13.9 Å². The molecule has 5 nitrogen and oxygen atoms in total. The molecule has 0 amide bonds. The lowest BCUT2D eigenvalue weighted by atomic mass is 10.2. The predicted octanol–water partition coefficient (Wildman–Crippen LogP) is 2.47. The van der Waals surface area contributed by atoms with Crippen LogP contribution in [0.3, 0.4) is 0 Å². The van der Waals surface area contributed by atoms with Gasteiger partial charge in [0.25, 0.3) is 0 Å². The van der Waals surface area contributed by atoms with E-state index in [0.717, 1.165) is 25.8 Å². The summed E-state index contributed by atoms with van der Waals surface area (Å²) < 4.78 is 18.4. The zero-order chi connectivity index (χ0) is 15.1. The molecule has 1 heterocycles. The first-order valence-corrected chi connectivity index (χ1v) is 7.07. The highest BCUT2D eigenvalue weighted by molar-refractivity contribution is 5.51. The van der Waals surface area contributed by atoms with E-state index in [9.17, 15) is 4.39 Å². The Kier molecular flexibility index (Phi) is 5.83. The molecule has 0 unspecified atom stereocenters. The quantitative estimate of drug-likeness (QED) is 0.758. The molecule has 114 valence electrons. The lowest BCUT2D eigenvalue weighted by molar-refractivity contribution is 0.262. The lowest BCUT2D eigenvalue weighted by Crippen LogP contribution is -2.19. The van der Waals surface area contributed by atoms with Gasteiger partial charge in [-0.3, -0.25) is 4.90 Å². The number of halogens is 1. The van der Waals surface area contributed by atoms with Crippen LogP contribution in [0.2, 0.25) is 0 Å². The molecule has 0 fully saturated rings. The molecule has 0 spiro atoms. The Balaban J connectivity index is 1.86. The second kappa shape index (κ2) is 7.85. The summed E-state index contributed by atoms with van der Waals surface area (Å²) in [6, 6.07) is 5.97. The predicted molar refractivity (Wildman–Crippen MR) is 77.0 cm³/mol. The molecule has 1 aromatic carbocycles. The summed E-state index contributed by atoms with van der Waals surface area (Å²) in [5, 5.41) is 16.7. The number of nitrogens with zero attached hydrogens (tertiary/aromatic N) is 3. The maximum atomic E-state index is 12.9. The molecule has 6 heteroatoms. The van der Waals surface area contributed by atoms with Crippen LogP contribution in [-0.4, -0.2) is 40.4 Å². The second-order valence-electron chi connectivity index (χ2n) is 5.03. The van der Waals surface area contributed by atoms with Gasteiger partial charge in [-0.15, -0.1) is 10.2 Å². The van der Waals surface area contributed by atoms with E-state index in [1.807, 2.05) is 7.05 Å². The van der Waals surface area contributed by atoms with Crippen LogP contribution >= 0.6 is 0 Å². The van der Waals surface area contributed by atoms with Crippen molar-refractivity contribution in [2.75, 3.05) is 20.2 Å². The molecule has 0 aliphatic rings. The number of aromatic nitrogens is 2. The largest absolute Gasteiger partial charge is 0.419 e. The van der Waals surface area contributed by atoms with E-state index in [1.165, 1.54) is 12.1 Å². The Morgan fingerprint density at radius 2 is 1.90 bits per heavy atom. The monoisotopic (exact) mass is 293 g/mol. The minimum absolute atomic E-state index is 0.244. The average Bonchev–Trinajstić information content (AvgIpc) is 2.93. The summed E-state index contributed by atoms with van der Waals surface area (Å²) in [5.74, 6) is 0.652. The number of hydrogen-bond donors (Lipinski definition) is 1. The number of hydrogen-bond acceptors (Lipinski definition) is 5. The van der Waals surface area contributed by atoms with Gasteiger partial charge in [-0.2, -0.15) is 0 Å². The lowest BCUT2D eigenvalue weighted by Gasteiger charge is -2.13. The summed E-state index contributed by atoms with van der Waals surface area (Å²) in [6.07, 6.45) is 2.87. The van der Waals surface area contributed by atoms with Gasteiger partial charge in [-0.25, -0.2) is 4.39 Å². The highest BCUT2D eigenvalue weighted by Gasteiger charge is 2.10. The molecule has 2 aromatic rings. The minimum Gasteiger partial charge on any atom is -0.419 e. The van der Waals surface area contributed by atoms with Crippen LogP contribution in [0.5, 0.6) is 0 Å². The molecule has 0 radical (unpaired) electrons. The van der Waals surface area contributed by atoms with Gasteiger partial charge in [0.2, 0.25) is 11.8 Å². The molecule has 0 saturated heterocycles. The van der Waals surface area contributed by atoms with Gasteiger partial charge in [-0.05, 0) is 57.1 Å². The van der Waals surface area contributed by atoms with Gasteiger partial charge < -0.3 is 9.52 Å². The van der Waals surface area contributed by atoms with Gasteiger partial charge in [0.15, 0.2) is 0 Å². The van der Waals surface area contributed by atoms with Gasteiger partial charge in [0, 0.05) is 12.2 Å². The normalized spacial score (nSPS) is 11.2. The van der Waals surface area contributed by atoms with E-state index in [2.05, 4.69) is 15.1 Å². The minimum atomic E-state index is -0.291. The summed E-state index contributed by atoms with van der Waals surface area (Å²) in [7, 11) is 1.99. The van der Waals surface area contributed by atoms with Gasteiger partial charge in [-0.1, -0.05) is 0 Å². The maximum Gasteiger partial charge on any atom is 0.247 e. The van der Waals surface area contributed by atoms with Crippen molar-refractivity contribution in [1.29, 1.82) is 0 Å². The fourth-order valence-electron chi connectivity index (χ4n) is 2.01. The van der Waals surface area contributed by atoms with Crippen LogP contribution < -0.4 is 0 Å². The zero-order valence-corrected chi connectivity index (χ0v) is 12.1. The van der Waals surface area contributed by atoms with Gasteiger partial charge in [0.1, 0.15) is 5.82 Å². The van der Waals surface area contributed by atoms with E-state index in [-0.39, 0.29) is 12.4 Å². The second-order valence-corrected chi connectivity index (χ2v) is 5.03. The number of aliphatic hydroxyl groups excluding tert-OH is 1. The van der Waals surface area contributed by atoms with Crippen LogP contribution in [0.4, 0.5) is 4.39 Å². The molecule has 21 heavy (non-hydrogen) atoms. The fraction of sp³-hybridized carbons (Fsp3) is 0.467. The Hall–Kier alpha value is -1.79. The molecule has 0 bridgehead atoms.